The van der Waals surface area contributed by atoms with E-state index in [0.717, 1.165) is 19.2 Å². The zero-order chi connectivity index (χ0) is 11.6. The van der Waals surface area contributed by atoms with Gasteiger partial charge >= 0.3 is 5.97 Å². The van der Waals surface area contributed by atoms with Gasteiger partial charge in [-0.3, -0.25) is 4.79 Å². The molecule has 1 rings (SSSR count). The van der Waals surface area contributed by atoms with Crippen molar-refractivity contribution in [3.05, 3.63) is 34.4 Å². The molecule has 0 aliphatic rings. The van der Waals surface area contributed by atoms with E-state index in [4.69, 9.17) is 17.3 Å². The highest BCUT2D eigenvalue weighted by molar-refractivity contribution is 6.31. The minimum Gasteiger partial charge on any atom is -0.468 e. The fraction of sp³-hybridized carbons (Fsp3) is 0.222. The summed E-state index contributed by atoms with van der Waals surface area (Å²) in [4.78, 5) is 11.0. The number of carbonyl (C=O) groups excluding carboxylic acids is 1. The van der Waals surface area contributed by atoms with Gasteiger partial charge < -0.3 is 10.5 Å². The van der Waals surface area contributed by atoms with Crippen LogP contribution in [-0.4, -0.2) is 13.1 Å². The number of hydrogen-bond donors (Lipinski definition) is 1. The van der Waals surface area contributed by atoms with Crippen LogP contribution in [0.4, 0.5) is 8.78 Å². The highest BCUT2D eigenvalue weighted by Gasteiger charge is 2.24. The van der Waals surface area contributed by atoms with Gasteiger partial charge in [0.15, 0.2) is 0 Å². The van der Waals surface area contributed by atoms with E-state index in [-0.39, 0.29) is 0 Å². The second-order valence-corrected chi connectivity index (χ2v) is 3.14. The van der Waals surface area contributed by atoms with Crippen LogP contribution in [0, 0.1) is 11.6 Å². The van der Waals surface area contributed by atoms with Crippen molar-refractivity contribution in [2.24, 2.45) is 5.73 Å². The van der Waals surface area contributed by atoms with Gasteiger partial charge in [-0.05, 0) is 12.1 Å². The van der Waals surface area contributed by atoms with E-state index >= 15 is 0 Å². The highest BCUT2D eigenvalue weighted by Crippen LogP contribution is 2.27. The average molecular weight is 236 g/mol. The number of ether oxygens (including phenoxy) is 1. The number of esters is 1. The molecule has 0 bridgehead atoms. The predicted octanol–water partition coefficient (Wildman–Crippen LogP) is 1.79. The van der Waals surface area contributed by atoms with Crippen LogP contribution in [0.15, 0.2) is 12.1 Å². The molecule has 82 valence electrons. The van der Waals surface area contributed by atoms with Gasteiger partial charge in [0.2, 0.25) is 0 Å². The second kappa shape index (κ2) is 4.55. The Balaban J connectivity index is 3.24. The molecule has 0 heterocycles. The minimum atomic E-state index is -1.43. The summed E-state index contributed by atoms with van der Waals surface area (Å²) in [5.74, 6) is -2.58. The summed E-state index contributed by atoms with van der Waals surface area (Å²) in [6, 6.07) is 0.267. The average Bonchev–Trinajstić information content (AvgIpc) is 2.22. The van der Waals surface area contributed by atoms with Crippen molar-refractivity contribution in [2.45, 2.75) is 6.04 Å². The van der Waals surface area contributed by atoms with E-state index in [9.17, 15) is 13.6 Å². The maximum Gasteiger partial charge on any atom is 0.327 e. The Bertz CT molecular complexity index is 398. The largest absolute Gasteiger partial charge is 0.468 e. The van der Waals surface area contributed by atoms with Crippen LogP contribution in [0.3, 0.4) is 0 Å². The van der Waals surface area contributed by atoms with E-state index < -0.39 is 34.2 Å². The zero-order valence-corrected chi connectivity index (χ0v) is 8.52. The molecule has 0 saturated heterocycles. The standard InChI is InChI=1S/C9H8ClF2NO2/c1-15-9(14)8(13)6-4(11)2-3-5(12)7(6)10/h2-3,8H,13H2,1H3/t8-/m0/s1. The first-order chi connectivity index (χ1) is 6.99. The first-order valence-electron chi connectivity index (χ1n) is 3.95. The van der Waals surface area contributed by atoms with Crippen LogP contribution in [0.1, 0.15) is 11.6 Å². The third kappa shape index (κ3) is 2.24. The van der Waals surface area contributed by atoms with Crippen LogP contribution in [0.25, 0.3) is 0 Å². The predicted molar refractivity (Wildman–Crippen MR) is 50.3 cm³/mol. The Labute approximate surface area is 89.8 Å². The molecule has 0 aromatic heterocycles. The van der Waals surface area contributed by atoms with Gasteiger partial charge in [-0.15, -0.1) is 0 Å². The first-order valence-corrected chi connectivity index (χ1v) is 4.33. The van der Waals surface area contributed by atoms with Crippen LogP contribution < -0.4 is 5.73 Å². The number of benzene rings is 1. The van der Waals surface area contributed by atoms with E-state index in [0.29, 0.717) is 0 Å². The molecule has 0 aliphatic carbocycles. The highest BCUT2D eigenvalue weighted by atomic mass is 35.5. The van der Waals surface area contributed by atoms with Gasteiger partial charge in [0.1, 0.15) is 17.7 Å². The Hall–Kier alpha value is -1.20. The molecule has 15 heavy (non-hydrogen) atoms. The topological polar surface area (TPSA) is 52.3 Å². The molecule has 3 nitrogen and oxygen atoms in total. The maximum atomic E-state index is 13.2. The van der Waals surface area contributed by atoms with Crippen LogP contribution in [-0.2, 0) is 9.53 Å². The van der Waals surface area contributed by atoms with Gasteiger partial charge in [-0.1, -0.05) is 11.6 Å². The molecule has 0 aliphatic heterocycles. The SMILES string of the molecule is COC(=O)[C@@H](N)c1c(F)ccc(F)c1Cl. The van der Waals surface area contributed by atoms with E-state index in [1.54, 1.807) is 0 Å². The van der Waals surface area contributed by atoms with Crippen LogP contribution in [0.5, 0.6) is 0 Å². The third-order valence-corrected chi connectivity index (χ3v) is 2.23. The molecular formula is C9H8ClF2NO2. The van der Waals surface area contributed by atoms with Crippen molar-refractivity contribution >= 4 is 17.6 Å². The molecule has 0 fully saturated rings. The molecule has 0 unspecified atom stereocenters. The number of methoxy groups -OCH3 is 1. The lowest BCUT2D eigenvalue weighted by atomic mass is 10.1. The summed E-state index contributed by atoms with van der Waals surface area (Å²) in [7, 11) is 1.09. The van der Waals surface area contributed by atoms with Gasteiger partial charge in [0.25, 0.3) is 0 Å². The second-order valence-electron chi connectivity index (χ2n) is 2.76. The van der Waals surface area contributed by atoms with Crippen molar-refractivity contribution in [1.82, 2.24) is 0 Å². The van der Waals surface area contributed by atoms with Gasteiger partial charge in [-0.25, -0.2) is 8.78 Å². The first kappa shape index (κ1) is 11.9. The van der Waals surface area contributed by atoms with Crippen molar-refractivity contribution in [2.75, 3.05) is 7.11 Å². The summed E-state index contributed by atoms with van der Waals surface area (Å²) in [5, 5.41) is -0.507. The molecule has 0 radical (unpaired) electrons. The Morgan fingerprint density at radius 3 is 2.53 bits per heavy atom. The van der Waals surface area contributed by atoms with Crippen molar-refractivity contribution in [3.63, 3.8) is 0 Å². The minimum absolute atomic E-state index is 0.400. The summed E-state index contributed by atoms with van der Waals surface area (Å²) in [6.07, 6.45) is 0. The molecule has 1 aromatic rings. The number of halogens is 3. The van der Waals surface area contributed by atoms with E-state index in [2.05, 4.69) is 4.74 Å². The summed E-state index contributed by atoms with van der Waals surface area (Å²) in [6.45, 7) is 0. The molecule has 1 aromatic carbocycles. The van der Waals surface area contributed by atoms with Crippen molar-refractivity contribution in [3.8, 4) is 0 Å². The monoisotopic (exact) mass is 235 g/mol. The number of nitrogens with two attached hydrogens (primary N) is 1. The quantitative estimate of drug-likeness (QED) is 0.628. The molecule has 0 saturated carbocycles. The molecule has 2 N–H and O–H groups in total. The fourth-order valence-electron chi connectivity index (χ4n) is 1.07. The Kier molecular flexibility index (Phi) is 3.60. The molecular weight excluding hydrogens is 228 g/mol. The summed E-state index contributed by atoms with van der Waals surface area (Å²) in [5.41, 5.74) is 4.95. The van der Waals surface area contributed by atoms with Crippen molar-refractivity contribution in [1.29, 1.82) is 0 Å². The van der Waals surface area contributed by atoms with Gasteiger partial charge in [0.05, 0.1) is 12.1 Å². The smallest absolute Gasteiger partial charge is 0.327 e. The van der Waals surface area contributed by atoms with E-state index in [1.165, 1.54) is 0 Å². The zero-order valence-electron chi connectivity index (χ0n) is 7.76. The normalized spacial score (nSPS) is 12.3. The molecule has 0 amide bonds. The van der Waals surface area contributed by atoms with Crippen molar-refractivity contribution < 1.29 is 18.3 Å². The maximum absolute atomic E-state index is 13.2. The summed E-state index contributed by atoms with van der Waals surface area (Å²) < 4.78 is 30.5. The van der Waals surface area contributed by atoms with E-state index in [1.807, 2.05) is 0 Å². The lowest BCUT2D eigenvalue weighted by Gasteiger charge is -2.12. The van der Waals surface area contributed by atoms with Gasteiger partial charge in [-0.2, -0.15) is 0 Å². The number of carbonyl (C=O) groups is 1. The molecule has 0 spiro atoms. The fourth-order valence-corrected chi connectivity index (χ4v) is 1.34. The number of hydrogen-bond acceptors (Lipinski definition) is 3. The van der Waals surface area contributed by atoms with Crippen LogP contribution in [0.2, 0.25) is 5.02 Å². The Morgan fingerprint density at radius 1 is 1.47 bits per heavy atom. The third-order valence-electron chi connectivity index (χ3n) is 1.85. The summed E-state index contributed by atoms with van der Waals surface area (Å²) >= 11 is 5.49. The lowest BCUT2D eigenvalue weighted by Crippen LogP contribution is -2.24. The van der Waals surface area contributed by atoms with Gasteiger partial charge in [0, 0.05) is 5.56 Å². The Morgan fingerprint density at radius 2 is 2.00 bits per heavy atom. The lowest BCUT2D eigenvalue weighted by molar-refractivity contribution is -0.142. The van der Waals surface area contributed by atoms with Crippen LogP contribution >= 0.6 is 11.6 Å². The number of rotatable bonds is 2. The molecule has 6 heteroatoms. The molecule has 1 atom stereocenters.